The number of nitrogens with zero attached hydrogens (tertiary/aromatic N) is 1. The van der Waals surface area contributed by atoms with Crippen LogP contribution in [0.1, 0.15) is 23.7 Å². The summed E-state index contributed by atoms with van der Waals surface area (Å²) in [5.74, 6) is -0.372. The van der Waals surface area contributed by atoms with Crippen LogP contribution < -0.4 is 5.73 Å². The van der Waals surface area contributed by atoms with Gasteiger partial charge in [-0.3, -0.25) is 4.98 Å². The van der Waals surface area contributed by atoms with Crippen LogP contribution in [-0.4, -0.2) is 17.6 Å². The number of anilines is 1. The highest BCUT2D eigenvalue weighted by molar-refractivity contribution is 6.05. The Hall–Kier alpha value is -2.10. The Morgan fingerprint density at radius 3 is 3.00 bits per heavy atom. The van der Waals surface area contributed by atoms with Gasteiger partial charge in [-0.15, -0.1) is 0 Å². The number of esters is 1. The molecule has 0 aliphatic carbocycles. The summed E-state index contributed by atoms with van der Waals surface area (Å²) < 4.78 is 5.07. The third kappa shape index (κ3) is 2.20. The number of benzene rings is 1. The fraction of sp³-hybridized carbons (Fsp3) is 0.231. The molecule has 0 fully saturated rings. The Kier molecular flexibility index (Phi) is 3.23. The lowest BCUT2D eigenvalue weighted by Gasteiger charge is -2.08. The molecular formula is C13H14N2O2. The zero-order valence-electron chi connectivity index (χ0n) is 9.64. The topological polar surface area (TPSA) is 65.2 Å². The first-order valence-electron chi connectivity index (χ1n) is 5.53. The minimum atomic E-state index is -0.372. The lowest BCUT2D eigenvalue weighted by Crippen LogP contribution is -2.09. The van der Waals surface area contributed by atoms with Gasteiger partial charge in [-0.25, -0.2) is 4.79 Å². The molecule has 4 heteroatoms. The number of nitrogens with two attached hydrogens (primary N) is 1. The van der Waals surface area contributed by atoms with Crippen molar-refractivity contribution in [1.82, 2.24) is 4.98 Å². The van der Waals surface area contributed by atoms with E-state index in [1.165, 1.54) is 0 Å². The van der Waals surface area contributed by atoms with Gasteiger partial charge in [0, 0.05) is 23.2 Å². The Morgan fingerprint density at radius 1 is 1.41 bits per heavy atom. The van der Waals surface area contributed by atoms with Gasteiger partial charge in [0.05, 0.1) is 17.9 Å². The molecule has 1 aromatic carbocycles. The Morgan fingerprint density at radius 2 is 2.24 bits per heavy atom. The van der Waals surface area contributed by atoms with Crippen molar-refractivity contribution < 1.29 is 9.53 Å². The largest absolute Gasteiger partial charge is 0.462 e. The van der Waals surface area contributed by atoms with Crippen molar-refractivity contribution in [1.29, 1.82) is 0 Å². The smallest absolute Gasteiger partial charge is 0.340 e. The second kappa shape index (κ2) is 4.82. The summed E-state index contributed by atoms with van der Waals surface area (Å²) in [7, 11) is 0. The first kappa shape index (κ1) is 11.4. The quantitative estimate of drug-likeness (QED) is 0.649. The average Bonchev–Trinajstić information content (AvgIpc) is 2.37. The molecule has 0 amide bonds. The van der Waals surface area contributed by atoms with Crippen molar-refractivity contribution in [2.45, 2.75) is 13.3 Å². The molecular weight excluding hydrogens is 216 g/mol. The third-order valence-corrected chi connectivity index (χ3v) is 2.52. The van der Waals surface area contributed by atoms with Crippen LogP contribution in [-0.2, 0) is 4.74 Å². The lowest BCUT2D eigenvalue weighted by atomic mass is 10.1. The molecule has 17 heavy (non-hydrogen) atoms. The summed E-state index contributed by atoms with van der Waals surface area (Å²) in [6.45, 7) is 2.36. The van der Waals surface area contributed by atoms with E-state index >= 15 is 0 Å². The molecule has 0 unspecified atom stereocenters. The Balaban J connectivity index is 2.42. The van der Waals surface area contributed by atoms with E-state index in [-0.39, 0.29) is 5.97 Å². The predicted molar refractivity (Wildman–Crippen MR) is 66.7 cm³/mol. The zero-order chi connectivity index (χ0) is 12.3. The van der Waals surface area contributed by atoms with E-state index in [9.17, 15) is 4.79 Å². The van der Waals surface area contributed by atoms with Gasteiger partial charge in [-0.05, 0) is 18.6 Å². The standard InChI is InChI=1S/C13H14N2O2/c1-2-7-17-13(16)11-4-3-9-8-15-6-5-10(9)12(11)14/h3-6,8H,2,7,14H2,1H3. The minimum Gasteiger partial charge on any atom is -0.462 e. The van der Waals surface area contributed by atoms with Crippen molar-refractivity contribution in [3.8, 4) is 0 Å². The molecule has 0 aliphatic heterocycles. The van der Waals surface area contributed by atoms with Crippen LogP contribution in [0.15, 0.2) is 30.6 Å². The van der Waals surface area contributed by atoms with Crippen molar-refractivity contribution in [2.75, 3.05) is 12.3 Å². The number of aromatic nitrogens is 1. The van der Waals surface area contributed by atoms with Gasteiger partial charge in [0.2, 0.25) is 0 Å². The fourth-order valence-corrected chi connectivity index (χ4v) is 1.64. The number of hydrogen-bond acceptors (Lipinski definition) is 4. The van der Waals surface area contributed by atoms with E-state index in [0.29, 0.717) is 17.9 Å². The predicted octanol–water partition coefficient (Wildman–Crippen LogP) is 2.38. The van der Waals surface area contributed by atoms with E-state index in [2.05, 4.69) is 4.98 Å². The number of pyridine rings is 1. The molecule has 2 N–H and O–H groups in total. The summed E-state index contributed by atoms with van der Waals surface area (Å²) in [5, 5.41) is 1.74. The summed E-state index contributed by atoms with van der Waals surface area (Å²) >= 11 is 0. The summed E-state index contributed by atoms with van der Waals surface area (Å²) in [4.78, 5) is 15.8. The molecule has 1 heterocycles. The van der Waals surface area contributed by atoms with Crippen LogP contribution in [0.3, 0.4) is 0 Å². The molecule has 1 aromatic heterocycles. The van der Waals surface area contributed by atoms with Crippen LogP contribution in [0.4, 0.5) is 5.69 Å². The van der Waals surface area contributed by atoms with E-state index in [1.54, 1.807) is 24.5 Å². The normalized spacial score (nSPS) is 10.4. The van der Waals surface area contributed by atoms with Gasteiger partial charge in [0.15, 0.2) is 0 Å². The fourth-order valence-electron chi connectivity index (χ4n) is 1.64. The molecule has 0 aliphatic rings. The number of nitrogen functional groups attached to an aromatic ring is 1. The van der Waals surface area contributed by atoms with Gasteiger partial charge < -0.3 is 10.5 Å². The van der Waals surface area contributed by atoms with Crippen molar-refractivity contribution in [3.63, 3.8) is 0 Å². The van der Waals surface area contributed by atoms with Crippen molar-refractivity contribution in [2.24, 2.45) is 0 Å². The molecule has 2 aromatic rings. The maximum Gasteiger partial charge on any atom is 0.340 e. The lowest BCUT2D eigenvalue weighted by molar-refractivity contribution is 0.0506. The summed E-state index contributed by atoms with van der Waals surface area (Å²) in [5.41, 5.74) is 6.83. The zero-order valence-corrected chi connectivity index (χ0v) is 9.64. The number of fused-ring (bicyclic) bond motifs is 1. The number of ether oxygens (including phenoxy) is 1. The van der Waals surface area contributed by atoms with Gasteiger partial charge in [0.25, 0.3) is 0 Å². The second-order valence-corrected chi connectivity index (χ2v) is 3.76. The Bertz CT molecular complexity index is 552. The number of hydrogen-bond donors (Lipinski definition) is 1. The molecule has 0 atom stereocenters. The molecule has 0 saturated heterocycles. The van der Waals surface area contributed by atoms with E-state index < -0.39 is 0 Å². The number of carbonyl (C=O) groups is 1. The van der Waals surface area contributed by atoms with Gasteiger partial charge in [-0.1, -0.05) is 13.0 Å². The molecule has 0 spiro atoms. The molecule has 0 saturated carbocycles. The number of rotatable bonds is 3. The first-order chi connectivity index (χ1) is 8.24. The SMILES string of the molecule is CCCOC(=O)c1ccc2cnccc2c1N. The third-order valence-electron chi connectivity index (χ3n) is 2.52. The van der Waals surface area contributed by atoms with E-state index in [1.807, 2.05) is 13.0 Å². The molecule has 4 nitrogen and oxygen atoms in total. The van der Waals surface area contributed by atoms with Crippen LogP contribution in [0.25, 0.3) is 10.8 Å². The van der Waals surface area contributed by atoms with Crippen molar-refractivity contribution in [3.05, 3.63) is 36.2 Å². The molecule has 0 bridgehead atoms. The van der Waals surface area contributed by atoms with Gasteiger partial charge in [0.1, 0.15) is 0 Å². The highest BCUT2D eigenvalue weighted by atomic mass is 16.5. The summed E-state index contributed by atoms with van der Waals surface area (Å²) in [6.07, 6.45) is 4.16. The highest BCUT2D eigenvalue weighted by Gasteiger charge is 2.12. The first-order valence-corrected chi connectivity index (χ1v) is 5.53. The maximum atomic E-state index is 11.8. The summed E-state index contributed by atoms with van der Waals surface area (Å²) in [6, 6.07) is 5.29. The monoisotopic (exact) mass is 230 g/mol. The van der Waals surface area contributed by atoms with Gasteiger partial charge >= 0.3 is 5.97 Å². The van der Waals surface area contributed by atoms with Crippen LogP contribution >= 0.6 is 0 Å². The van der Waals surface area contributed by atoms with Crippen LogP contribution in [0.5, 0.6) is 0 Å². The maximum absolute atomic E-state index is 11.8. The second-order valence-electron chi connectivity index (χ2n) is 3.76. The highest BCUT2D eigenvalue weighted by Crippen LogP contribution is 2.24. The van der Waals surface area contributed by atoms with Crippen LogP contribution in [0.2, 0.25) is 0 Å². The van der Waals surface area contributed by atoms with E-state index in [0.717, 1.165) is 17.2 Å². The van der Waals surface area contributed by atoms with Crippen LogP contribution in [0, 0.1) is 0 Å². The average molecular weight is 230 g/mol. The molecule has 2 rings (SSSR count). The minimum absolute atomic E-state index is 0.372. The molecule has 0 radical (unpaired) electrons. The van der Waals surface area contributed by atoms with E-state index in [4.69, 9.17) is 10.5 Å². The van der Waals surface area contributed by atoms with Crippen molar-refractivity contribution >= 4 is 22.4 Å². The number of carbonyl (C=O) groups excluding carboxylic acids is 1. The van der Waals surface area contributed by atoms with Gasteiger partial charge in [-0.2, -0.15) is 0 Å². The molecule has 88 valence electrons. The Labute approximate surface area is 99.4 Å².